The van der Waals surface area contributed by atoms with Crippen LogP contribution in [-0.2, 0) is 0 Å². The third kappa shape index (κ3) is 10.6. The summed E-state index contributed by atoms with van der Waals surface area (Å²) in [5, 5.41) is 0. The highest BCUT2D eigenvalue weighted by Crippen LogP contribution is 2.52. The van der Waals surface area contributed by atoms with E-state index in [1.54, 1.807) is 5.57 Å². The topological polar surface area (TPSA) is 0 Å². The van der Waals surface area contributed by atoms with Crippen molar-refractivity contribution >= 4 is 0 Å². The Hall–Kier alpha value is -0.700. The van der Waals surface area contributed by atoms with Crippen LogP contribution in [0.15, 0.2) is 11.6 Å². The molecule has 0 aromatic carbocycles. The predicted molar refractivity (Wildman–Crippen MR) is 154 cm³/mol. The van der Waals surface area contributed by atoms with Gasteiger partial charge in [0.1, 0.15) is 0 Å². The number of terminal acetylenes is 1. The van der Waals surface area contributed by atoms with Crippen molar-refractivity contribution in [3.63, 3.8) is 0 Å². The summed E-state index contributed by atoms with van der Waals surface area (Å²) in [6.45, 7) is 28.8. The molecule has 1 aliphatic carbocycles. The van der Waals surface area contributed by atoms with Crippen molar-refractivity contribution in [2.24, 2.45) is 46.8 Å². The van der Waals surface area contributed by atoms with Crippen molar-refractivity contribution in [3.05, 3.63) is 11.6 Å². The second-order valence-electron chi connectivity index (χ2n) is 11.5. The quantitative estimate of drug-likeness (QED) is 0.189. The summed E-state index contributed by atoms with van der Waals surface area (Å²) in [5.41, 5.74) is 2.22. The summed E-state index contributed by atoms with van der Waals surface area (Å²) in [4.78, 5) is 0. The van der Waals surface area contributed by atoms with E-state index in [0.717, 1.165) is 41.4 Å². The van der Waals surface area contributed by atoms with Crippen LogP contribution in [0.25, 0.3) is 0 Å². The molecule has 1 rings (SSSR count). The van der Waals surface area contributed by atoms with Gasteiger partial charge in [0, 0.05) is 0 Å². The first kappa shape index (κ1) is 34.5. The first-order chi connectivity index (χ1) is 15.6. The van der Waals surface area contributed by atoms with Crippen LogP contribution in [0, 0.1) is 59.7 Å². The number of allylic oxidation sites excluding steroid dienone is 2. The van der Waals surface area contributed by atoms with Crippen molar-refractivity contribution < 1.29 is 0 Å². The van der Waals surface area contributed by atoms with Gasteiger partial charge in [0.2, 0.25) is 0 Å². The molecule has 0 radical (unpaired) electrons. The number of rotatable bonds is 13. The minimum atomic E-state index is 0.426. The van der Waals surface area contributed by atoms with Crippen LogP contribution >= 0.6 is 0 Å². The van der Waals surface area contributed by atoms with E-state index in [4.69, 9.17) is 0 Å². The molecule has 0 fully saturated rings. The van der Waals surface area contributed by atoms with Crippen molar-refractivity contribution in [1.29, 1.82) is 0 Å². The first-order valence-electron chi connectivity index (χ1n) is 14.7. The Kier molecular flexibility index (Phi) is 19.4. The Balaban J connectivity index is 0. The molecule has 33 heavy (non-hydrogen) atoms. The van der Waals surface area contributed by atoms with Gasteiger partial charge in [0.15, 0.2) is 0 Å². The third-order valence-corrected chi connectivity index (χ3v) is 9.05. The van der Waals surface area contributed by atoms with Gasteiger partial charge in [0.05, 0.1) is 0 Å². The van der Waals surface area contributed by atoms with Gasteiger partial charge in [-0.1, -0.05) is 127 Å². The molecule has 0 saturated carbocycles. The zero-order valence-corrected chi connectivity index (χ0v) is 25.1. The van der Waals surface area contributed by atoms with Gasteiger partial charge in [-0.25, -0.2) is 0 Å². The predicted octanol–water partition coefficient (Wildman–Crippen LogP) is 11.2. The highest BCUT2D eigenvalue weighted by atomic mass is 14.5. The molecule has 0 heteroatoms. The van der Waals surface area contributed by atoms with Crippen molar-refractivity contribution in [1.82, 2.24) is 0 Å². The molecular weight excluding hydrogens is 396 g/mol. The molecule has 7 atom stereocenters. The fourth-order valence-corrected chi connectivity index (χ4v) is 6.64. The minimum Gasteiger partial charge on any atom is -0.124 e. The molecule has 0 nitrogen and oxygen atoms in total. The van der Waals surface area contributed by atoms with Crippen LogP contribution in [0.2, 0.25) is 0 Å². The van der Waals surface area contributed by atoms with Crippen molar-refractivity contribution in [2.75, 3.05) is 0 Å². The molecule has 7 unspecified atom stereocenters. The van der Waals surface area contributed by atoms with E-state index in [1.165, 1.54) is 57.8 Å². The van der Waals surface area contributed by atoms with Crippen molar-refractivity contribution in [3.8, 4) is 12.8 Å². The van der Waals surface area contributed by atoms with E-state index in [9.17, 15) is 0 Å². The molecule has 0 N–H and O–H groups in total. The second-order valence-corrected chi connectivity index (χ2v) is 11.5. The van der Waals surface area contributed by atoms with Crippen molar-refractivity contribution in [2.45, 2.75) is 141 Å². The molecule has 0 aromatic rings. The van der Waals surface area contributed by atoms with E-state index in [2.05, 4.69) is 88.2 Å². The molecule has 0 heterocycles. The van der Waals surface area contributed by atoms with E-state index < -0.39 is 0 Å². The number of hydrogen-bond donors (Lipinski definition) is 0. The van der Waals surface area contributed by atoms with Crippen LogP contribution < -0.4 is 0 Å². The van der Waals surface area contributed by atoms with Crippen LogP contribution in [-0.4, -0.2) is 0 Å². The third-order valence-electron chi connectivity index (χ3n) is 9.05. The maximum absolute atomic E-state index is 4.00. The summed E-state index contributed by atoms with van der Waals surface area (Å²) >= 11 is 0. The van der Waals surface area contributed by atoms with Gasteiger partial charge in [-0.2, -0.15) is 0 Å². The Bertz CT molecular complexity index is 507. The number of hydrogen-bond acceptors (Lipinski definition) is 0. The van der Waals surface area contributed by atoms with Crippen LogP contribution in [0.5, 0.6) is 0 Å². The molecule has 1 aliphatic rings. The smallest absolute Gasteiger partial charge is 0.0200 e. The average molecular weight is 461 g/mol. The highest BCUT2D eigenvalue weighted by molar-refractivity contribution is 5.14. The van der Waals surface area contributed by atoms with Crippen LogP contribution in [0.3, 0.4) is 0 Å². The molecule has 196 valence electrons. The lowest BCUT2D eigenvalue weighted by molar-refractivity contribution is 0.0191. The van der Waals surface area contributed by atoms with E-state index in [0.29, 0.717) is 5.41 Å². The highest BCUT2D eigenvalue weighted by Gasteiger charge is 2.43. The Morgan fingerprint density at radius 2 is 1.52 bits per heavy atom. The van der Waals surface area contributed by atoms with E-state index in [1.807, 2.05) is 13.8 Å². The molecule has 0 spiro atoms. The zero-order valence-electron chi connectivity index (χ0n) is 25.1. The standard InChI is InChI=1S/C29H56.C2H6.C2H2/c1-11-15-22(6)20-25-17-18-27(26(16-12-2)24(25)8)28(14-4)29(9,10)23(7)19-21(5)13-3;2*1-2/h17,21-24,26-28H,11-16,18-20H2,1-10H3;1-2H3;1-2H. The monoisotopic (exact) mass is 461 g/mol. The Morgan fingerprint density at radius 3 is 1.97 bits per heavy atom. The van der Waals surface area contributed by atoms with Crippen LogP contribution in [0.1, 0.15) is 141 Å². The lowest BCUT2D eigenvalue weighted by atomic mass is 9.56. The second kappa shape index (κ2) is 18.6. The van der Waals surface area contributed by atoms with Gasteiger partial charge < -0.3 is 0 Å². The maximum atomic E-state index is 4.00. The van der Waals surface area contributed by atoms with Gasteiger partial charge in [-0.3, -0.25) is 0 Å². The van der Waals surface area contributed by atoms with Gasteiger partial charge in [-0.15, -0.1) is 12.8 Å². The summed E-state index contributed by atoms with van der Waals surface area (Å²) in [7, 11) is 0. The molecule has 0 aliphatic heterocycles. The summed E-state index contributed by atoms with van der Waals surface area (Å²) < 4.78 is 0. The summed E-state index contributed by atoms with van der Waals surface area (Å²) in [5.74, 6) is 5.87. The SMILES string of the molecule is C#C.CC.CCCC(C)CC1=CCC(C(CC)C(C)(C)C(C)CC(C)CC)C(CCC)C1C. The average Bonchev–Trinajstić information content (AvgIpc) is 2.80. The molecule has 0 amide bonds. The Labute approximate surface area is 212 Å². The van der Waals surface area contributed by atoms with Crippen LogP contribution in [0.4, 0.5) is 0 Å². The van der Waals surface area contributed by atoms with Gasteiger partial charge in [0.25, 0.3) is 0 Å². The molecule has 0 saturated heterocycles. The summed E-state index contributed by atoms with van der Waals surface area (Å²) in [6.07, 6.45) is 22.9. The Morgan fingerprint density at radius 1 is 0.939 bits per heavy atom. The normalized spacial score (nSPS) is 24.2. The van der Waals surface area contributed by atoms with E-state index in [-0.39, 0.29) is 0 Å². The zero-order chi connectivity index (χ0) is 26.2. The first-order valence-corrected chi connectivity index (χ1v) is 14.7. The molecule has 0 aromatic heterocycles. The van der Waals surface area contributed by atoms with Gasteiger partial charge in [-0.05, 0) is 72.5 Å². The fraction of sp³-hybridized carbons (Fsp3) is 0.879. The minimum absolute atomic E-state index is 0.426. The van der Waals surface area contributed by atoms with Gasteiger partial charge >= 0.3 is 0 Å². The largest absolute Gasteiger partial charge is 0.124 e. The molecular formula is C33H64. The lowest BCUT2D eigenvalue weighted by Crippen LogP contribution is -2.42. The maximum Gasteiger partial charge on any atom is -0.0200 e. The van der Waals surface area contributed by atoms with E-state index >= 15 is 0 Å². The molecule has 0 bridgehead atoms. The lowest BCUT2D eigenvalue weighted by Gasteiger charge is -2.49. The summed E-state index contributed by atoms with van der Waals surface area (Å²) in [6, 6.07) is 0. The fourth-order valence-electron chi connectivity index (χ4n) is 6.64.